The fraction of sp³-hybridized carbons (Fsp3) is 0.357. The van der Waals surface area contributed by atoms with Gasteiger partial charge in [0, 0.05) is 18.5 Å². The van der Waals surface area contributed by atoms with Gasteiger partial charge < -0.3 is 15.6 Å². The van der Waals surface area contributed by atoms with Gasteiger partial charge in [0.25, 0.3) is 0 Å². The molecule has 1 aromatic rings. The molecule has 0 aliphatic rings. The molecule has 0 radical (unpaired) electrons. The maximum Gasteiger partial charge on any atom is 0.303 e. The fourth-order valence-electron chi connectivity index (χ4n) is 1.67. The van der Waals surface area contributed by atoms with Gasteiger partial charge in [0.2, 0.25) is 5.91 Å². The molecule has 0 aliphatic heterocycles. The third kappa shape index (κ3) is 5.09. The molecule has 1 amide bonds. The van der Waals surface area contributed by atoms with Crippen LogP contribution in [-0.4, -0.2) is 27.9 Å². The molecule has 0 heterocycles. The molecule has 0 aromatic heterocycles. The number of hydrogen-bond donors (Lipinski definition) is 3. The molecule has 0 aliphatic carbocycles. The van der Waals surface area contributed by atoms with E-state index in [1.165, 1.54) is 0 Å². The number of oxime groups is 1. The molecule has 20 heavy (non-hydrogen) atoms. The first-order valence-electron chi connectivity index (χ1n) is 6.39. The highest BCUT2D eigenvalue weighted by Crippen LogP contribution is 2.13. The number of anilines is 1. The van der Waals surface area contributed by atoms with Crippen molar-refractivity contribution in [1.82, 2.24) is 0 Å². The Morgan fingerprint density at radius 3 is 2.30 bits per heavy atom. The van der Waals surface area contributed by atoms with Crippen LogP contribution in [0.1, 0.15) is 38.2 Å². The number of carbonyl (C=O) groups is 2. The average molecular weight is 278 g/mol. The van der Waals surface area contributed by atoms with Gasteiger partial charge in [-0.05, 0) is 24.1 Å². The summed E-state index contributed by atoms with van der Waals surface area (Å²) in [4.78, 5) is 21.9. The van der Waals surface area contributed by atoms with Gasteiger partial charge in [0.1, 0.15) is 0 Å². The molecule has 0 saturated heterocycles. The molecule has 0 atom stereocenters. The van der Waals surface area contributed by atoms with E-state index in [0.29, 0.717) is 23.4 Å². The number of benzene rings is 1. The fourth-order valence-corrected chi connectivity index (χ4v) is 1.67. The molecule has 0 fully saturated rings. The molecular weight excluding hydrogens is 260 g/mol. The Bertz CT molecular complexity index is 494. The van der Waals surface area contributed by atoms with Gasteiger partial charge in [-0.15, -0.1) is 0 Å². The van der Waals surface area contributed by atoms with Crippen molar-refractivity contribution in [3.63, 3.8) is 0 Å². The molecule has 6 nitrogen and oxygen atoms in total. The van der Waals surface area contributed by atoms with Gasteiger partial charge in [-0.3, -0.25) is 9.59 Å². The molecular formula is C14H18N2O4. The third-order valence-corrected chi connectivity index (χ3v) is 2.68. The second kappa shape index (κ2) is 7.93. The molecule has 1 aromatic carbocycles. The van der Waals surface area contributed by atoms with Gasteiger partial charge in [-0.25, -0.2) is 0 Å². The number of nitrogens with one attached hydrogen (secondary N) is 1. The predicted molar refractivity (Wildman–Crippen MR) is 75.2 cm³/mol. The lowest BCUT2D eigenvalue weighted by Gasteiger charge is -2.07. The molecule has 3 N–H and O–H groups in total. The zero-order chi connectivity index (χ0) is 15.0. The van der Waals surface area contributed by atoms with Crippen molar-refractivity contribution < 1.29 is 19.9 Å². The Morgan fingerprint density at radius 2 is 1.80 bits per heavy atom. The van der Waals surface area contributed by atoms with E-state index in [4.69, 9.17) is 10.3 Å². The van der Waals surface area contributed by atoms with Gasteiger partial charge in [-0.1, -0.05) is 24.2 Å². The molecule has 6 heteroatoms. The minimum atomic E-state index is -0.949. The molecule has 108 valence electrons. The van der Waals surface area contributed by atoms with Crippen molar-refractivity contribution in [1.29, 1.82) is 0 Å². The number of carbonyl (C=O) groups excluding carboxylic acids is 1. The molecule has 1 rings (SSSR count). The SMILES string of the molecule is CCCC(=O)Nc1ccc(C(CCC(=O)O)=NO)cc1. The van der Waals surface area contributed by atoms with Gasteiger partial charge in [-0.2, -0.15) is 0 Å². The van der Waals surface area contributed by atoms with E-state index < -0.39 is 5.97 Å². The summed E-state index contributed by atoms with van der Waals surface area (Å²) in [7, 11) is 0. The van der Waals surface area contributed by atoms with Crippen LogP contribution in [0.4, 0.5) is 5.69 Å². The lowest BCUT2D eigenvalue weighted by atomic mass is 10.1. The highest BCUT2D eigenvalue weighted by Gasteiger charge is 2.08. The summed E-state index contributed by atoms with van der Waals surface area (Å²) in [5.41, 5.74) is 1.59. The summed E-state index contributed by atoms with van der Waals surface area (Å²) in [5, 5.41) is 23.4. The zero-order valence-corrected chi connectivity index (χ0v) is 11.3. The third-order valence-electron chi connectivity index (χ3n) is 2.68. The van der Waals surface area contributed by atoms with Crippen LogP contribution in [0, 0.1) is 0 Å². The summed E-state index contributed by atoms with van der Waals surface area (Å²) in [6.07, 6.45) is 1.28. The Labute approximate surface area is 117 Å². The highest BCUT2D eigenvalue weighted by atomic mass is 16.4. The number of carboxylic acid groups (broad SMARTS) is 1. The normalized spacial score (nSPS) is 11.2. The van der Waals surface area contributed by atoms with E-state index in [-0.39, 0.29) is 18.7 Å². The number of hydrogen-bond acceptors (Lipinski definition) is 4. The number of carboxylic acids is 1. The smallest absolute Gasteiger partial charge is 0.303 e. The second-order valence-electron chi connectivity index (χ2n) is 4.32. The van der Waals surface area contributed by atoms with Crippen LogP contribution in [0.25, 0.3) is 0 Å². The van der Waals surface area contributed by atoms with Crippen LogP contribution in [0.5, 0.6) is 0 Å². The minimum Gasteiger partial charge on any atom is -0.481 e. The van der Waals surface area contributed by atoms with Crippen molar-refractivity contribution >= 4 is 23.3 Å². The molecule has 0 unspecified atom stereocenters. The summed E-state index contributed by atoms with van der Waals surface area (Å²) in [5.74, 6) is -1.00. The maximum atomic E-state index is 11.4. The van der Waals surface area contributed by atoms with Crippen molar-refractivity contribution in [2.75, 3.05) is 5.32 Å². The Kier molecular flexibility index (Phi) is 6.22. The van der Waals surface area contributed by atoms with Crippen LogP contribution in [0.3, 0.4) is 0 Å². The lowest BCUT2D eigenvalue weighted by molar-refractivity contribution is -0.136. The van der Waals surface area contributed by atoms with E-state index in [9.17, 15) is 9.59 Å². The summed E-state index contributed by atoms with van der Waals surface area (Å²) < 4.78 is 0. The molecule has 0 saturated carbocycles. The van der Waals surface area contributed by atoms with Crippen LogP contribution < -0.4 is 5.32 Å². The number of aliphatic carboxylic acids is 1. The Morgan fingerprint density at radius 1 is 1.15 bits per heavy atom. The quantitative estimate of drug-likeness (QED) is 0.405. The second-order valence-corrected chi connectivity index (χ2v) is 4.32. The van der Waals surface area contributed by atoms with Gasteiger partial charge in [0.05, 0.1) is 12.1 Å². The van der Waals surface area contributed by atoms with Crippen LogP contribution >= 0.6 is 0 Å². The van der Waals surface area contributed by atoms with Crippen molar-refractivity contribution in [3.05, 3.63) is 29.8 Å². The van der Waals surface area contributed by atoms with E-state index >= 15 is 0 Å². The minimum absolute atomic E-state index is 0.0535. The average Bonchev–Trinajstić information content (AvgIpc) is 2.41. The van der Waals surface area contributed by atoms with E-state index in [0.717, 1.165) is 6.42 Å². The first-order valence-corrected chi connectivity index (χ1v) is 6.39. The van der Waals surface area contributed by atoms with E-state index in [2.05, 4.69) is 10.5 Å². The first kappa shape index (κ1) is 15.7. The van der Waals surface area contributed by atoms with Crippen LogP contribution in [-0.2, 0) is 9.59 Å². The van der Waals surface area contributed by atoms with Gasteiger partial charge >= 0.3 is 5.97 Å². The Hall–Kier alpha value is -2.37. The van der Waals surface area contributed by atoms with Gasteiger partial charge in [0.15, 0.2) is 0 Å². The molecule has 0 bridgehead atoms. The van der Waals surface area contributed by atoms with Crippen LogP contribution in [0.15, 0.2) is 29.4 Å². The predicted octanol–water partition coefficient (Wildman–Crippen LogP) is 2.47. The summed E-state index contributed by atoms with van der Waals surface area (Å²) >= 11 is 0. The largest absolute Gasteiger partial charge is 0.481 e. The van der Waals surface area contributed by atoms with E-state index in [1.807, 2.05) is 6.92 Å². The molecule has 0 spiro atoms. The zero-order valence-electron chi connectivity index (χ0n) is 11.3. The summed E-state index contributed by atoms with van der Waals surface area (Å²) in [6.45, 7) is 1.93. The van der Waals surface area contributed by atoms with Crippen molar-refractivity contribution in [2.45, 2.75) is 32.6 Å². The van der Waals surface area contributed by atoms with E-state index in [1.54, 1.807) is 24.3 Å². The number of amides is 1. The lowest BCUT2D eigenvalue weighted by Crippen LogP contribution is -2.11. The first-order chi connectivity index (χ1) is 9.56. The monoisotopic (exact) mass is 278 g/mol. The number of nitrogens with zero attached hydrogens (tertiary/aromatic N) is 1. The topological polar surface area (TPSA) is 99.0 Å². The standard InChI is InChI=1S/C14H18N2O4/c1-2-3-13(17)15-11-6-4-10(5-7-11)12(16-20)8-9-14(18)19/h4-7,20H,2-3,8-9H2,1H3,(H,15,17)(H,18,19). The van der Waals surface area contributed by atoms with Crippen molar-refractivity contribution in [2.24, 2.45) is 5.16 Å². The van der Waals surface area contributed by atoms with Crippen LogP contribution in [0.2, 0.25) is 0 Å². The highest BCUT2D eigenvalue weighted by molar-refractivity contribution is 6.01. The number of rotatable bonds is 7. The van der Waals surface area contributed by atoms with Crippen molar-refractivity contribution in [3.8, 4) is 0 Å². The maximum absolute atomic E-state index is 11.4. The Balaban J connectivity index is 2.69. The summed E-state index contributed by atoms with van der Waals surface area (Å²) in [6, 6.07) is 6.74.